The summed E-state index contributed by atoms with van der Waals surface area (Å²) in [5, 5.41) is 15.5. The number of aliphatic hydroxyl groups is 1. The molecular formula is C49H73N3O5. The maximum atomic E-state index is 12.5. The van der Waals surface area contributed by atoms with E-state index in [0.29, 0.717) is 19.5 Å². The number of hydrogen-bond donors (Lipinski definition) is 3. The molecule has 0 aromatic heterocycles. The van der Waals surface area contributed by atoms with Crippen LogP contribution < -0.4 is 10.6 Å². The summed E-state index contributed by atoms with van der Waals surface area (Å²) in [6.07, 6.45) is 18.9. The summed E-state index contributed by atoms with van der Waals surface area (Å²) < 4.78 is 13.6. The summed E-state index contributed by atoms with van der Waals surface area (Å²) >= 11 is 0. The molecule has 3 aromatic rings. The van der Waals surface area contributed by atoms with Gasteiger partial charge in [0.25, 0.3) is 0 Å². The number of carbonyl (C=O) groups excluding carboxylic acids is 2. The van der Waals surface area contributed by atoms with Crippen LogP contribution >= 0.6 is 0 Å². The normalized spacial score (nSPS) is 16.8. The first-order valence-electron chi connectivity index (χ1n) is 22.3. The lowest BCUT2D eigenvalue weighted by Crippen LogP contribution is -2.40. The summed E-state index contributed by atoms with van der Waals surface area (Å²) in [6.45, 7) is 10.4. The Hall–Kier alpha value is -3.56. The Kier molecular flexibility index (Phi) is 22.0. The van der Waals surface area contributed by atoms with Crippen molar-refractivity contribution in [2.75, 3.05) is 26.2 Å². The minimum absolute atomic E-state index is 0.0164. The third kappa shape index (κ3) is 17.9. The first kappa shape index (κ1) is 46.1. The highest BCUT2D eigenvalue weighted by Gasteiger charge is 2.33. The topological polar surface area (TPSA) is 100 Å². The van der Waals surface area contributed by atoms with Crippen LogP contribution in [0.4, 0.5) is 0 Å². The van der Waals surface area contributed by atoms with Crippen LogP contribution in [0.15, 0.2) is 72.8 Å². The molecule has 0 unspecified atom stereocenters. The third-order valence-corrected chi connectivity index (χ3v) is 11.1. The number of unbranched alkanes of at least 4 members (excludes halogenated alkanes) is 12. The molecule has 1 heterocycles. The highest BCUT2D eigenvalue weighted by Crippen LogP contribution is 2.39. The van der Waals surface area contributed by atoms with Crippen LogP contribution in [0, 0.1) is 0 Å². The van der Waals surface area contributed by atoms with Crippen LogP contribution in [0.5, 0.6) is 0 Å². The Labute approximate surface area is 344 Å². The van der Waals surface area contributed by atoms with E-state index in [9.17, 15) is 14.7 Å². The predicted octanol–water partition coefficient (Wildman–Crippen LogP) is 10.7. The van der Waals surface area contributed by atoms with Crippen molar-refractivity contribution in [2.45, 2.75) is 162 Å². The minimum atomic E-state index is -0.489. The summed E-state index contributed by atoms with van der Waals surface area (Å²) in [7, 11) is 0. The average Bonchev–Trinajstić information content (AvgIpc) is 3.23. The number of nitrogens with zero attached hydrogens (tertiary/aromatic N) is 1. The molecule has 0 aliphatic carbocycles. The van der Waals surface area contributed by atoms with Crippen molar-refractivity contribution in [3.8, 4) is 11.1 Å². The molecule has 4 rings (SSSR count). The fourth-order valence-corrected chi connectivity index (χ4v) is 7.68. The maximum absolute atomic E-state index is 12.5. The largest absolute Gasteiger partial charge is 0.392 e. The van der Waals surface area contributed by atoms with Crippen molar-refractivity contribution in [1.29, 1.82) is 0 Å². The van der Waals surface area contributed by atoms with Gasteiger partial charge in [0, 0.05) is 45.0 Å². The van der Waals surface area contributed by atoms with E-state index in [2.05, 4.69) is 77.9 Å². The van der Waals surface area contributed by atoms with Gasteiger partial charge in [-0.05, 0) is 72.7 Å². The highest BCUT2D eigenvalue weighted by atomic mass is 16.7. The number of ether oxygens (including phenoxy) is 2. The number of benzene rings is 3. The Morgan fingerprint density at radius 3 is 1.96 bits per heavy atom. The van der Waals surface area contributed by atoms with E-state index in [4.69, 9.17) is 9.47 Å². The molecule has 314 valence electrons. The molecular weight excluding hydrogens is 711 g/mol. The fourth-order valence-electron chi connectivity index (χ4n) is 7.68. The molecule has 2 amide bonds. The second-order valence-corrected chi connectivity index (χ2v) is 16.1. The van der Waals surface area contributed by atoms with Gasteiger partial charge in [-0.25, -0.2) is 0 Å². The SMILES string of the molecule is CCCCCCCCN(CCCCCCCC)C[C@H]1C[C@@H](c2ccc(CO)cc2)O[C@@H](c2ccc(-c3cccc(CNC(=O)CCCCCNC(C)=O)c3)cc2)O1. The van der Waals surface area contributed by atoms with Gasteiger partial charge in [0.15, 0.2) is 6.29 Å². The molecule has 1 aliphatic heterocycles. The molecule has 1 saturated heterocycles. The second-order valence-electron chi connectivity index (χ2n) is 16.1. The highest BCUT2D eigenvalue weighted by molar-refractivity contribution is 5.76. The van der Waals surface area contributed by atoms with Gasteiger partial charge in [0.2, 0.25) is 11.8 Å². The number of amides is 2. The average molecular weight is 784 g/mol. The van der Waals surface area contributed by atoms with E-state index >= 15 is 0 Å². The van der Waals surface area contributed by atoms with Gasteiger partial charge in [0.05, 0.1) is 18.8 Å². The lowest BCUT2D eigenvalue weighted by molar-refractivity contribution is -0.253. The van der Waals surface area contributed by atoms with Crippen molar-refractivity contribution in [3.63, 3.8) is 0 Å². The Morgan fingerprint density at radius 1 is 0.684 bits per heavy atom. The van der Waals surface area contributed by atoms with Gasteiger partial charge < -0.3 is 30.1 Å². The van der Waals surface area contributed by atoms with E-state index < -0.39 is 6.29 Å². The molecule has 3 N–H and O–H groups in total. The van der Waals surface area contributed by atoms with E-state index in [1.54, 1.807) is 0 Å². The Morgan fingerprint density at radius 2 is 1.32 bits per heavy atom. The van der Waals surface area contributed by atoms with Crippen molar-refractivity contribution in [1.82, 2.24) is 15.5 Å². The summed E-state index contributed by atoms with van der Waals surface area (Å²) in [4.78, 5) is 26.2. The zero-order chi connectivity index (χ0) is 40.5. The van der Waals surface area contributed by atoms with Gasteiger partial charge in [-0.2, -0.15) is 0 Å². The van der Waals surface area contributed by atoms with Crippen LogP contribution in [0.25, 0.3) is 11.1 Å². The van der Waals surface area contributed by atoms with E-state index in [-0.39, 0.29) is 30.6 Å². The molecule has 0 spiro atoms. The molecule has 3 atom stereocenters. The van der Waals surface area contributed by atoms with E-state index in [1.165, 1.54) is 84.0 Å². The molecule has 0 bridgehead atoms. The van der Waals surface area contributed by atoms with Crippen molar-refractivity contribution >= 4 is 11.8 Å². The number of aliphatic hydroxyl groups excluding tert-OH is 1. The standard InChI is InChI=1S/C49H73N3O5/c1-4-6-8-10-12-17-32-52(33-18-13-11-9-7-5-2)37-46-35-47(43-25-23-40(38-53)24-26-43)57-49(56-46)44-29-27-42(28-30-44)45-21-19-20-41(34-45)36-51-48(55)22-15-14-16-31-50-39(3)54/h19-21,23-30,34,46-47,49,53H,4-18,22,31-33,35-38H2,1-3H3,(H,50,54)(H,51,55)/t46-,47+,49+/m1/s1. The van der Waals surface area contributed by atoms with Crippen LogP contribution in [0.2, 0.25) is 0 Å². The fraction of sp³-hybridized carbons (Fsp3) is 0.592. The maximum Gasteiger partial charge on any atom is 0.220 e. The lowest BCUT2D eigenvalue weighted by Gasteiger charge is -2.38. The monoisotopic (exact) mass is 784 g/mol. The molecule has 8 nitrogen and oxygen atoms in total. The van der Waals surface area contributed by atoms with Crippen LogP contribution in [-0.4, -0.2) is 54.1 Å². The van der Waals surface area contributed by atoms with E-state index in [0.717, 1.165) is 78.7 Å². The van der Waals surface area contributed by atoms with E-state index in [1.807, 2.05) is 24.3 Å². The number of hydrogen-bond acceptors (Lipinski definition) is 6. The van der Waals surface area contributed by atoms with Gasteiger partial charge in [0.1, 0.15) is 0 Å². The molecule has 3 aromatic carbocycles. The zero-order valence-corrected chi connectivity index (χ0v) is 35.5. The lowest BCUT2D eigenvalue weighted by atomic mass is 9.98. The summed E-state index contributed by atoms with van der Waals surface area (Å²) in [5.74, 6) is 0.0305. The summed E-state index contributed by atoms with van der Waals surface area (Å²) in [5.41, 5.74) is 6.26. The number of rotatable bonds is 28. The molecule has 0 radical (unpaired) electrons. The number of carbonyl (C=O) groups is 2. The number of nitrogens with one attached hydrogen (secondary N) is 2. The molecule has 57 heavy (non-hydrogen) atoms. The molecule has 1 aliphatic rings. The van der Waals surface area contributed by atoms with Crippen LogP contribution in [-0.2, 0) is 32.2 Å². The van der Waals surface area contributed by atoms with Gasteiger partial charge in [-0.1, -0.05) is 151 Å². The van der Waals surface area contributed by atoms with Crippen molar-refractivity contribution < 1.29 is 24.2 Å². The Balaban J connectivity index is 1.40. The quantitative estimate of drug-likeness (QED) is 0.0634. The first-order chi connectivity index (χ1) is 27.9. The van der Waals surface area contributed by atoms with Gasteiger partial charge in [-0.3, -0.25) is 9.59 Å². The second kappa shape index (κ2) is 27.2. The zero-order valence-electron chi connectivity index (χ0n) is 35.5. The molecule has 1 fully saturated rings. The van der Waals surface area contributed by atoms with Gasteiger partial charge in [-0.15, -0.1) is 0 Å². The predicted molar refractivity (Wildman–Crippen MR) is 232 cm³/mol. The smallest absolute Gasteiger partial charge is 0.220 e. The van der Waals surface area contributed by atoms with Crippen molar-refractivity contribution in [3.05, 3.63) is 95.1 Å². The van der Waals surface area contributed by atoms with Crippen LogP contribution in [0.3, 0.4) is 0 Å². The molecule has 0 saturated carbocycles. The van der Waals surface area contributed by atoms with Crippen LogP contribution in [0.1, 0.15) is 165 Å². The third-order valence-electron chi connectivity index (χ3n) is 11.1. The minimum Gasteiger partial charge on any atom is -0.392 e. The molecule has 8 heteroatoms. The first-order valence-corrected chi connectivity index (χ1v) is 22.3. The van der Waals surface area contributed by atoms with Crippen molar-refractivity contribution in [2.24, 2.45) is 0 Å². The Bertz CT molecular complexity index is 1530. The summed E-state index contributed by atoms with van der Waals surface area (Å²) in [6, 6.07) is 25.0. The van der Waals surface area contributed by atoms with Gasteiger partial charge >= 0.3 is 0 Å².